The van der Waals surface area contributed by atoms with Gasteiger partial charge in [0.05, 0.1) is 0 Å². The van der Waals surface area contributed by atoms with E-state index in [1.54, 1.807) is 17.0 Å². The van der Waals surface area contributed by atoms with E-state index in [0.29, 0.717) is 18.7 Å². The van der Waals surface area contributed by atoms with Crippen molar-refractivity contribution in [1.82, 2.24) is 14.9 Å². The molecule has 0 radical (unpaired) electrons. The lowest BCUT2D eigenvalue weighted by Crippen LogP contribution is -2.28. The zero-order valence-corrected chi connectivity index (χ0v) is 12.7. The summed E-state index contributed by atoms with van der Waals surface area (Å²) in [6, 6.07) is 7.76. The molecule has 114 valence electrons. The van der Waals surface area contributed by atoms with Gasteiger partial charge in [-0.3, -0.25) is 4.79 Å². The number of halogens is 1. The third-order valence-electron chi connectivity index (χ3n) is 3.91. The molecular weight excluding hydrogens is 281 g/mol. The SMILES string of the molecule is Cc1cc(C)nc(C2CCN(C(=O)c3cccc(F)c3)C2)n1. The van der Waals surface area contributed by atoms with Gasteiger partial charge in [-0.2, -0.15) is 0 Å². The molecule has 3 rings (SSSR count). The molecule has 1 saturated heterocycles. The highest BCUT2D eigenvalue weighted by atomic mass is 19.1. The fourth-order valence-electron chi connectivity index (χ4n) is 2.90. The number of nitrogens with zero attached hydrogens (tertiary/aromatic N) is 3. The van der Waals surface area contributed by atoms with E-state index in [4.69, 9.17) is 0 Å². The normalized spacial score (nSPS) is 17.8. The number of aromatic nitrogens is 2. The van der Waals surface area contributed by atoms with Crippen LogP contribution in [0.15, 0.2) is 30.3 Å². The van der Waals surface area contributed by atoms with Gasteiger partial charge in [0.1, 0.15) is 11.6 Å². The largest absolute Gasteiger partial charge is 0.338 e. The molecular formula is C17H18FN3O. The van der Waals surface area contributed by atoms with E-state index in [1.807, 2.05) is 19.9 Å². The molecule has 1 aliphatic heterocycles. The minimum Gasteiger partial charge on any atom is -0.338 e. The molecule has 0 bridgehead atoms. The van der Waals surface area contributed by atoms with Gasteiger partial charge in [-0.1, -0.05) is 6.07 Å². The number of carbonyl (C=O) groups is 1. The molecule has 1 aliphatic rings. The van der Waals surface area contributed by atoms with Crippen LogP contribution in [0.4, 0.5) is 4.39 Å². The van der Waals surface area contributed by atoms with Gasteiger partial charge in [0, 0.05) is 36.0 Å². The molecule has 1 fully saturated rings. The van der Waals surface area contributed by atoms with E-state index < -0.39 is 0 Å². The summed E-state index contributed by atoms with van der Waals surface area (Å²) in [6.45, 7) is 5.13. The zero-order valence-electron chi connectivity index (χ0n) is 12.7. The van der Waals surface area contributed by atoms with Gasteiger partial charge in [0.15, 0.2) is 0 Å². The number of benzene rings is 1. The van der Waals surface area contributed by atoms with Crippen molar-refractivity contribution in [3.8, 4) is 0 Å². The molecule has 0 aliphatic carbocycles. The Morgan fingerprint density at radius 1 is 1.23 bits per heavy atom. The predicted octanol–water partition coefficient (Wildman–Crippen LogP) is 2.86. The van der Waals surface area contributed by atoms with Gasteiger partial charge in [0.25, 0.3) is 5.91 Å². The van der Waals surface area contributed by atoms with Crippen LogP contribution in [0.2, 0.25) is 0 Å². The van der Waals surface area contributed by atoms with Crippen LogP contribution in [-0.2, 0) is 0 Å². The maximum atomic E-state index is 13.3. The van der Waals surface area contributed by atoms with Gasteiger partial charge < -0.3 is 4.90 Å². The van der Waals surface area contributed by atoms with Crippen molar-refractivity contribution >= 4 is 5.91 Å². The van der Waals surface area contributed by atoms with Gasteiger partial charge in [-0.15, -0.1) is 0 Å². The van der Waals surface area contributed by atoms with E-state index in [9.17, 15) is 9.18 Å². The molecule has 22 heavy (non-hydrogen) atoms. The van der Waals surface area contributed by atoms with E-state index in [0.717, 1.165) is 23.6 Å². The Hall–Kier alpha value is -2.30. The van der Waals surface area contributed by atoms with E-state index in [2.05, 4.69) is 9.97 Å². The monoisotopic (exact) mass is 299 g/mol. The summed E-state index contributed by atoms with van der Waals surface area (Å²) >= 11 is 0. The van der Waals surface area contributed by atoms with Gasteiger partial charge >= 0.3 is 0 Å². The number of hydrogen-bond donors (Lipinski definition) is 0. The Morgan fingerprint density at radius 3 is 2.64 bits per heavy atom. The molecule has 4 nitrogen and oxygen atoms in total. The smallest absolute Gasteiger partial charge is 0.253 e. The van der Waals surface area contributed by atoms with Crippen LogP contribution in [0, 0.1) is 19.7 Å². The number of carbonyl (C=O) groups excluding carboxylic acids is 1. The standard InChI is InChI=1S/C17H18FN3O/c1-11-8-12(2)20-16(19-11)14-6-7-21(10-14)17(22)13-4-3-5-15(18)9-13/h3-5,8-9,14H,6-7,10H2,1-2H3. The first kappa shape index (κ1) is 14.6. The first-order valence-corrected chi connectivity index (χ1v) is 7.40. The first-order valence-electron chi connectivity index (χ1n) is 7.40. The second-order valence-electron chi connectivity index (χ2n) is 5.76. The third kappa shape index (κ3) is 2.98. The molecule has 2 heterocycles. The van der Waals surface area contributed by atoms with Crippen LogP contribution < -0.4 is 0 Å². The molecule has 5 heteroatoms. The molecule has 0 N–H and O–H groups in total. The summed E-state index contributed by atoms with van der Waals surface area (Å²) in [5, 5.41) is 0. The average Bonchev–Trinajstić information content (AvgIpc) is 2.95. The van der Waals surface area contributed by atoms with Crippen molar-refractivity contribution in [2.24, 2.45) is 0 Å². The van der Waals surface area contributed by atoms with E-state index >= 15 is 0 Å². The minimum atomic E-state index is -0.390. The second-order valence-corrected chi connectivity index (χ2v) is 5.76. The number of hydrogen-bond acceptors (Lipinski definition) is 3. The maximum Gasteiger partial charge on any atom is 0.253 e. The minimum absolute atomic E-state index is 0.133. The molecule has 1 aromatic heterocycles. The van der Waals surface area contributed by atoms with Gasteiger partial charge in [0.2, 0.25) is 0 Å². The van der Waals surface area contributed by atoms with Crippen LogP contribution in [0.1, 0.15) is 39.9 Å². The van der Waals surface area contributed by atoms with Crippen LogP contribution in [-0.4, -0.2) is 33.9 Å². The number of likely N-dealkylation sites (tertiary alicyclic amines) is 1. The zero-order chi connectivity index (χ0) is 15.7. The quantitative estimate of drug-likeness (QED) is 0.856. The van der Waals surface area contributed by atoms with E-state index in [1.165, 1.54) is 12.1 Å². The highest BCUT2D eigenvalue weighted by Gasteiger charge is 2.29. The van der Waals surface area contributed by atoms with Crippen LogP contribution in [0.5, 0.6) is 0 Å². The summed E-state index contributed by atoms with van der Waals surface area (Å²) in [5.74, 6) is 0.425. The molecule has 0 saturated carbocycles. The summed E-state index contributed by atoms with van der Waals surface area (Å²) in [6.07, 6.45) is 0.837. The van der Waals surface area contributed by atoms with Gasteiger partial charge in [-0.25, -0.2) is 14.4 Å². The van der Waals surface area contributed by atoms with Crippen LogP contribution >= 0.6 is 0 Å². The number of rotatable bonds is 2. The van der Waals surface area contributed by atoms with Crippen molar-refractivity contribution in [2.45, 2.75) is 26.2 Å². The molecule has 1 aromatic carbocycles. The van der Waals surface area contributed by atoms with Crippen molar-refractivity contribution in [1.29, 1.82) is 0 Å². The first-order chi connectivity index (χ1) is 10.5. The Labute approximate surface area is 129 Å². The Kier molecular flexibility index (Phi) is 3.88. The highest BCUT2D eigenvalue weighted by molar-refractivity contribution is 5.94. The lowest BCUT2D eigenvalue weighted by molar-refractivity contribution is 0.0790. The Bertz CT molecular complexity index is 697. The Balaban J connectivity index is 1.76. The molecule has 1 unspecified atom stereocenters. The van der Waals surface area contributed by atoms with Crippen molar-refractivity contribution in [2.75, 3.05) is 13.1 Å². The van der Waals surface area contributed by atoms with E-state index in [-0.39, 0.29) is 17.6 Å². The number of amides is 1. The summed E-state index contributed by atoms with van der Waals surface area (Å²) in [5.41, 5.74) is 2.27. The summed E-state index contributed by atoms with van der Waals surface area (Å²) in [4.78, 5) is 23.2. The molecule has 0 spiro atoms. The molecule has 1 atom stereocenters. The molecule has 1 amide bonds. The van der Waals surface area contributed by atoms with Crippen molar-refractivity contribution in [3.63, 3.8) is 0 Å². The topological polar surface area (TPSA) is 46.1 Å². The lowest BCUT2D eigenvalue weighted by Gasteiger charge is -2.16. The maximum absolute atomic E-state index is 13.3. The van der Waals surface area contributed by atoms with Crippen LogP contribution in [0.3, 0.4) is 0 Å². The van der Waals surface area contributed by atoms with Crippen LogP contribution in [0.25, 0.3) is 0 Å². The fraction of sp³-hybridized carbons (Fsp3) is 0.353. The summed E-state index contributed by atoms with van der Waals surface area (Å²) < 4.78 is 13.3. The number of aryl methyl sites for hydroxylation is 2. The molecule has 2 aromatic rings. The van der Waals surface area contributed by atoms with Crippen molar-refractivity contribution in [3.05, 3.63) is 58.9 Å². The van der Waals surface area contributed by atoms with Crippen molar-refractivity contribution < 1.29 is 9.18 Å². The lowest BCUT2D eigenvalue weighted by atomic mass is 10.1. The Morgan fingerprint density at radius 2 is 1.95 bits per heavy atom. The highest BCUT2D eigenvalue weighted by Crippen LogP contribution is 2.26. The third-order valence-corrected chi connectivity index (χ3v) is 3.91. The second kappa shape index (κ2) is 5.83. The predicted molar refractivity (Wildman–Crippen MR) is 81.2 cm³/mol. The van der Waals surface area contributed by atoms with Gasteiger partial charge in [-0.05, 0) is 44.5 Å². The summed E-state index contributed by atoms with van der Waals surface area (Å²) in [7, 11) is 0. The average molecular weight is 299 g/mol. The fourth-order valence-corrected chi connectivity index (χ4v) is 2.90.